The average Bonchev–Trinajstić information content (AvgIpc) is 3.46. The van der Waals surface area contributed by atoms with Crippen molar-refractivity contribution in [3.05, 3.63) is 64.9 Å². The van der Waals surface area contributed by atoms with Gasteiger partial charge in [0, 0.05) is 23.6 Å². The molecule has 0 unspecified atom stereocenters. The standard InChI is InChI=1S/C27H30N2O3/c1-18-7-9-22-20(16-28-24(22)13-18)8-10-25-23-15-27(32-21-5-3-4-6-21)26(31-2)14-19(23)11-12-29(25)17-30/h7-10,13-17,21,25,28H,3-6,11-12H2,1-2H3/b10-8+/t25-/m0/s1. The second kappa shape index (κ2) is 8.73. The number of methoxy groups -OCH3 is 1. The number of amides is 1. The van der Waals surface area contributed by atoms with Crippen LogP contribution in [0.4, 0.5) is 0 Å². The summed E-state index contributed by atoms with van der Waals surface area (Å²) in [5, 5.41) is 1.18. The summed E-state index contributed by atoms with van der Waals surface area (Å²) in [6.45, 7) is 2.78. The number of benzene rings is 2. The predicted molar refractivity (Wildman–Crippen MR) is 127 cm³/mol. The van der Waals surface area contributed by atoms with E-state index in [1.54, 1.807) is 7.11 Å². The topological polar surface area (TPSA) is 54.6 Å². The molecule has 1 aliphatic heterocycles. The number of carbonyl (C=O) groups excluding carboxylic acids is 1. The molecule has 1 aromatic heterocycles. The van der Waals surface area contributed by atoms with E-state index in [0.29, 0.717) is 6.54 Å². The van der Waals surface area contributed by atoms with Crippen LogP contribution in [0, 0.1) is 6.92 Å². The summed E-state index contributed by atoms with van der Waals surface area (Å²) in [5.74, 6) is 1.57. The summed E-state index contributed by atoms with van der Waals surface area (Å²) in [5.41, 5.74) is 5.80. The Bertz CT molecular complexity index is 1160. The highest BCUT2D eigenvalue weighted by molar-refractivity contribution is 5.89. The number of nitrogens with zero attached hydrogens (tertiary/aromatic N) is 1. The number of hydrogen-bond acceptors (Lipinski definition) is 3. The van der Waals surface area contributed by atoms with E-state index < -0.39 is 0 Å². The lowest BCUT2D eigenvalue weighted by atomic mass is 9.91. The van der Waals surface area contributed by atoms with Gasteiger partial charge in [0.1, 0.15) is 0 Å². The summed E-state index contributed by atoms with van der Waals surface area (Å²) in [6.07, 6.45) is 12.9. The maximum absolute atomic E-state index is 11.9. The van der Waals surface area contributed by atoms with E-state index in [1.807, 2.05) is 11.1 Å². The van der Waals surface area contributed by atoms with Crippen molar-refractivity contribution in [3.8, 4) is 11.5 Å². The van der Waals surface area contributed by atoms with Gasteiger partial charge in [-0.25, -0.2) is 0 Å². The SMILES string of the molecule is COc1cc2c(cc1OC1CCCC1)[C@H](/C=C/c1c[nH]c3cc(C)ccc13)N(C=O)CC2. The van der Waals surface area contributed by atoms with Gasteiger partial charge in [0.2, 0.25) is 6.41 Å². The first-order chi connectivity index (χ1) is 15.7. The van der Waals surface area contributed by atoms with Gasteiger partial charge in [-0.15, -0.1) is 0 Å². The largest absolute Gasteiger partial charge is 0.493 e. The fourth-order valence-corrected chi connectivity index (χ4v) is 5.04. The number of aryl methyl sites for hydroxylation is 1. The molecule has 2 heterocycles. The van der Waals surface area contributed by atoms with Crippen molar-refractivity contribution in [3.63, 3.8) is 0 Å². The zero-order valence-corrected chi connectivity index (χ0v) is 18.8. The van der Waals surface area contributed by atoms with Gasteiger partial charge in [0.25, 0.3) is 0 Å². The van der Waals surface area contributed by atoms with Gasteiger partial charge in [-0.3, -0.25) is 4.79 Å². The van der Waals surface area contributed by atoms with Crippen LogP contribution in [-0.2, 0) is 11.2 Å². The second-order valence-corrected chi connectivity index (χ2v) is 8.92. The first-order valence-electron chi connectivity index (χ1n) is 11.5. The molecule has 0 spiro atoms. The number of nitrogens with one attached hydrogen (secondary N) is 1. The summed E-state index contributed by atoms with van der Waals surface area (Å²) in [4.78, 5) is 17.1. The van der Waals surface area contributed by atoms with Gasteiger partial charge in [-0.2, -0.15) is 0 Å². The molecule has 3 aromatic rings. The minimum Gasteiger partial charge on any atom is -0.493 e. The van der Waals surface area contributed by atoms with Gasteiger partial charge in [-0.1, -0.05) is 24.3 Å². The Morgan fingerprint density at radius 2 is 1.97 bits per heavy atom. The Morgan fingerprint density at radius 3 is 2.75 bits per heavy atom. The molecular weight excluding hydrogens is 400 g/mol. The molecule has 2 aromatic carbocycles. The molecule has 32 heavy (non-hydrogen) atoms. The Kier molecular flexibility index (Phi) is 5.64. The molecule has 1 N–H and O–H groups in total. The number of hydrogen-bond donors (Lipinski definition) is 1. The van der Waals surface area contributed by atoms with Crippen LogP contribution in [0.25, 0.3) is 17.0 Å². The van der Waals surface area contributed by atoms with Crippen LogP contribution in [0.1, 0.15) is 54.0 Å². The second-order valence-electron chi connectivity index (χ2n) is 8.92. The first-order valence-corrected chi connectivity index (χ1v) is 11.5. The highest BCUT2D eigenvalue weighted by atomic mass is 16.5. The molecule has 1 fully saturated rings. The van der Waals surface area contributed by atoms with Crippen molar-refractivity contribution in [1.82, 2.24) is 9.88 Å². The van der Waals surface area contributed by atoms with E-state index in [-0.39, 0.29) is 12.1 Å². The Hall–Kier alpha value is -3.21. The van der Waals surface area contributed by atoms with Crippen molar-refractivity contribution >= 4 is 23.4 Å². The third kappa shape index (κ3) is 3.88. The number of aromatic amines is 1. The monoisotopic (exact) mass is 430 g/mol. The maximum Gasteiger partial charge on any atom is 0.210 e. The number of fused-ring (bicyclic) bond motifs is 2. The number of H-pyrrole nitrogens is 1. The molecule has 0 radical (unpaired) electrons. The van der Waals surface area contributed by atoms with Crippen LogP contribution in [-0.4, -0.2) is 36.1 Å². The summed E-state index contributed by atoms with van der Waals surface area (Å²) >= 11 is 0. The minimum atomic E-state index is -0.136. The van der Waals surface area contributed by atoms with Gasteiger partial charge >= 0.3 is 0 Å². The van der Waals surface area contributed by atoms with E-state index in [0.717, 1.165) is 53.8 Å². The maximum atomic E-state index is 11.9. The molecular formula is C27H30N2O3. The lowest BCUT2D eigenvalue weighted by molar-refractivity contribution is -0.119. The number of carbonyl (C=O) groups is 1. The fraction of sp³-hybridized carbons (Fsp3) is 0.370. The Morgan fingerprint density at radius 1 is 1.12 bits per heavy atom. The fourth-order valence-electron chi connectivity index (χ4n) is 5.04. The molecule has 2 aliphatic rings. The van der Waals surface area contributed by atoms with Crippen LogP contribution in [0.2, 0.25) is 0 Å². The number of aromatic nitrogens is 1. The van der Waals surface area contributed by atoms with E-state index in [9.17, 15) is 4.79 Å². The summed E-state index contributed by atoms with van der Waals surface area (Å²) in [7, 11) is 1.69. The van der Waals surface area contributed by atoms with Gasteiger partial charge in [-0.05, 0) is 79.5 Å². The lowest BCUT2D eigenvalue weighted by Gasteiger charge is -2.34. The van der Waals surface area contributed by atoms with Crippen molar-refractivity contribution < 1.29 is 14.3 Å². The van der Waals surface area contributed by atoms with Crippen molar-refractivity contribution in [2.45, 2.75) is 51.2 Å². The van der Waals surface area contributed by atoms with Gasteiger partial charge < -0.3 is 19.4 Å². The van der Waals surface area contributed by atoms with Gasteiger partial charge in [0.15, 0.2) is 11.5 Å². The molecule has 0 bridgehead atoms. The van der Waals surface area contributed by atoms with Crippen molar-refractivity contribution in [2.24, 2.45) is 0 Å². The molecule has 1 aliphatic carbocycles. The van der Waals surface area contributed by atoms with Crippen LogP contribution in [0.5, 0.6) is 11.5 Å². The normalized spacial score (nSPS) is 18.9. The summed E-state index contributed by atoms with van der Waals surface area (Å²) < 4.78 is 12.0. The lowest BCUT2D eigenvalue weighted by Crippen LogP contribution is -2.33. The van der Waals surface area contributed by atoms with Crippen LogP contribution in [0.3, 0.4) is 0 Å². The highest BCUT2D eigenvalue weighted by Gasteiger charge is 2.28. The van der Waals surface area contributed by atoms with Crippen molar-refractivity contribution in [1.29, 1.82) is 0 Å². The van der Waals surface area contributed by atoms with Crippen LogP contribution < -0.4 is 9.47 Å². The Balaban J connectivity index is 1.51. The third-order valence-electron chi connectivity index (χ3n) is 6.80. The molecule has 1 amide bonds. The van der Waals surface area contributed by atoms with E-state index >= 15 is 0 Å². The van der Waals surface area contributed by atoms with E-state index in [4.69, 9.17) is 9.47 Å². The smallest absolute Gasteiger partial charge is 0.210 e. The molecule has 5 rings (SSSR count). The van der Waals surface area contributed by atoms with E-state index in [2.05, 4.69) is 54.4 Å². The van der Waals surface area contributed by atoms with Gasteiger partial charge in [0.05, 0.1) is 19.3 Å². The molecule has 0 saturated heterocycles. The molecule has 1 atom stereocenters. The van der Waals surface area contributed by atoms with Crippen LogP contribution >= 0.6 is 0 Å². The molecule has 166 valence electrons. The number of rotatable bonds is 6. The third-order valence-corrected chi connectivity index (χ3v) is 6.80. The zero-order chi connectivity index (χ0) is 22.1. The van der Waals surface area contributed by atoms with E-state index in [1.165, 1.54) is 29.4 Å². The average molecular weight is 431 g/mol. The molecule has 1 saturated carbocycles. The predicted octanol–water partition coefficient (Wildman–Crippen LogP) is 5.58. The zero-order valence-electron chi connectivity index (χ0n) is 18.8. The first kappa shape index (κ1) is 20.7. The minimum absolute atomic E-state index is 0.136. The van der Waals surface area contributed by atoms with Crippen molar-refractivity contribution in [2.75, 3.05) is 13.7 Å². The highest BCUT2D eigenvalue weighted by Crippen LogP contribution is 2.40. The number of ether oxygens (including phenoxy) is 2. The Labute approximate surface area is 189 Å². The quantitative estimate of drug-likeness (QED) is 0.520. The van der Waals surface area contributed by atoms with Crippen LogP contribution in [0.15, 0.2) is 42.6 Å². The molecule has 5 nitrogen and oxygen atoms in total. The summed E-state index contributed by atoms with van der Waals surface area (Å²) in [6, 6.07) is 10.5. The molecule has 5 heteroatoms.